The van der Waals surface area contributed by atoms with E-state index in [1.54, 1.807) is 0 Å². The highest BCUT2D eigenvalue weighted by molar-refractivity contribution is 5.70. The topological polar surface area (TPSA) is 41.6 Å². The number of hydrogen-bond donors (Lipinski definition) is 1. The van der Waals surface area contributed by atoms with E-state index in [-0.39, 0.29) is 12.0 Å². The summed E-state index contributed by atoms with van der Waals surface area (Å²) in [7, 11) is 1.42. The van der Waals surface area contributed by atoms with Crippen LogP contribution in [0.4, 0.5) is 11.4 Å². The summed E-state index contributed by atoms with van der Waals surface area (Å²) < 4.78 is 4.66. The third-order valence-electron chi connectivity index (χ3n) is 3.45. The van der Waals surface area contributed by atoms with Crippen molar-refractivity contribution >= 4 is 17.3 Å². The van der Waals surface area contributed by atoms with Crippen molar-refractivity contribution in [2.75, 3.05) is 30.4 Å². The average molecular weight is 262 g/mol. The van der Waals surface area contributed by atoms with Crippen molar-refractivity contribution in [1.29, 1.82) is 0 Å². The number of rotatable bonds is 5. The summed E-state index contributed by atoms with van der Waals surface area (Å²) >= 11 is 0. The highest BCUT2D eigenvalue weighted by Crippen LogP contribution is 2.22. The molecule has 1 N–H and O–H groups in total. The maximum atomic E-state index is 11.2. The van der Waals surface area contributed by atoms with Crippen LogP contribution in [-0.4, -0.2) is 32.2 Å². The Morgan fingerprint density at radius 2 is 1.95 bits per heavy atom. The molecule has 1 unspecified atom stereocenters. The Labute approximate surface area is 114 Å². The number of carbonyl (C=O) groups is 1. The van der Waals surface area contributed by atoms with Crippen molar-refractivity contribution in [2.24, 2.45) is 0 Å². The minimum Gasteiger partial charge on any atom is -0.469 e. The van der Waals surface area contributed by atoms with Crippen molar-refractivity contribution in [1.82, 2.24) is 0 Å². The van der Waals surface area contributed by atoms with Gasteiger partial charge in [0.15, 0.2) is 0 Å². The van der Waals surface area contributed by atoms with Gasteiger partial charge in [0.25, 0.3) is 0 Å². The second-order valence-corrected chi connectivity index (χ2v) is 5.07. The fourth-order valence-electron chi connectivity index (χ4n) is 2.41. The molecule has 0 spiro atoms. The lowest BCUT2D eigenvalue weighted by atomic mass is 10.2. The third kappa shape index (κ3) is 3.88. The van der Waals surface area contributed by atoms with Gasteiger partial charge in [0.05, 0.1) is 13.5 Å². The normalized spacial score (nSPS) is 16.2. The molecule has 4 nitrogen and oxygen atoms in total. The molecule has 1 aromatic carbocycles. The van der Waals surface area contributed by atoms with E-state index < -0.39 is 0 Å². The number of carbonyl (C=O) groups excluding carboxylic acids is 1. The summed E-state index contributed by atoms with van der Waals surface area (Å²) in [6.45, 7) is 4.29. The zero-order valence-corrected chi connectivity index (χ0v) is 11.7. The Morgan fingerprint density at radius 3 is 2.53 bits per heavy atom. The first-order chi connectivity index (χ1) is 9.19. The summed E-state index contributed by atoms with van der Waals surface area (Å²) in [5, 5.41) is 3.31. The van der Waals surface area contributed by atoms with Crippen LogP contribution < -0.4 is 10.2 Å². The molecule has 1 atom stereocenters. The Bertz CT molecular complexity index is 411. The van der Waals surface area contributed by atoms with Crippen LogP contribution in [0.2, 0.25) is 0 Å². The van der Waals surface area contributed by atoms with Gasteiger partial charge in [0.2, 0.25) is 0 Å². The quantitative estimate of drug-likeness (QED) is 0.828. The van der Waals surface area contributed by atoms with Gasteiger partial charge in [-0.25, -0.2) is 0 Å². The molecule has 2 rings (SSSR count). The van der Waals surface area contributed by atoms with Crippen molar-refractivity contribution in [3.8, 4) is 0 Å². The van der Waals surface area contributed by atoms with Crippen LogP contribution in [0.15, 0.2) is 24.3 Å². The first-order valence-electron chi connectivity index (χ1n) is 6.87. The highest BCUT2D eigenvalue weighted by atomic mass is 16.5. The van der Waals surface area contributed by atoms with Gasteiger partial charge >= 0.3 is 5.97 Å². The second-order valence-electron chi connectivity index (χ2n) is 5.07. The van der Waals surface area contributed by atoms with Gasteiger partial charge in [0.1, 0.15) is 0 Å². The number of methoxy groups -OCH3 is 1. The molecule has 1 aliphatic heterocycles. The van der Waals surface area contributed by atoms with Gasteiger partial charge in [0, 0.05) is 30.5 Å². The van der Waals surface area contributed by atoms with Gasteiger partial charge < -0.3 is 15.0 Å². The van der Waals surface area contributed by atoms with Crippen LogP contribution in [-0.2, 0) is 9.53 Å². The van der Waals surface area contributed by atoms with E-state index in [0.717, 1.165) is 18.8 Å². The van der Waals surface area contributed by atoms with Crippen LogP contribution in [0, 0.1) is 0 Å². The maximum Gasteiger partial charge on any atom is 0.307 e. The molecular weight excluding hydrogens is 240 g/mol. The highest BCUT2D eigenvalue weighted by Gasteiger charge is 2.12. The standard InChI is InChI=1S/C15H22N2O2/c1-12(11-15(18)19-2)16-13-5-7-14(8-6-13)17-9-3-4-10-17/h5-8,12,16H,3-4,9-11H2,1-2H3. The smallest absolute Gasteiger partial charge is 0.307 e. The van der Waals surface area contributed by atoms with Crippen molar-refractivity contribution in [3.05, 3.63) is 24.3 Å². The molecule has 0 aliphatic carbocycles. The average Bonchev–Trinajstić information content (AvgIpc) is 2.93. The van der Waals surface area contributed by atoms with Crippen molar-refractivity contribution in [2.45, 2.75) is 32.2 Å². The lowest BCUT2D eigenvalue weighted by molar-refractivity contribution is -0.140. The Balaban J connectivity index is 1.89. The van der Waals surface area contributed by atoms with Gasteiger partial charge in [-0.1, -0.05) is 0 Å². The first kappa shape index (κ1) is 13.7. The van der Waals surface area contributed by atoms with E-state index in [1.165, 1.54) is 25.6 Å². The minimum absolute atomic E-state index is 0.0742. The predicted octanol–water partition coefficient (Wildman–Crippen LogP) is 2.65. The molecule has 0 bridgehead atoms. The van der Waals surface area contributed by atoms with Gasteiger partial charge in [-0.3, -0.25) is 4.79 Å². The predicted molar refractivity (Wildman–Crippen MR) is 77.6 cm³/mol. The van der Waals surface area contributed by atoms with Crippen molar-refractivity contribution < 1.29 is 9.53 Å². The Kier molecular flexibility index (Phi) is 4.66. The SMILES string of the molecule is COC(=O)CC(C)Nc1ccc(N2CCCC2)cc1. The summed E-state index contributed by atoms with van der Waals surface area (Å²) in [6, 6.07) is 8.49. The van der Waals surface area contributed by atoms with Gasteiger partial charge in [-0.15, -0.1) is 0 Å². The Morgan fingerprint density at radius 1 is 1.32 bits per heavy atom. The summed E-state index contributed by atoms with van der Waals surface area (Å²) in [6.07, 6.45) is 2.96. The summed E-state index contributed by atoms with van der Waals surface area (Å²) in [5.41, 5.74) is 2.32. The lowest BCUT2D eigenvalue weighted by Crippen LogP contribution is -2.20. The monoisotopic (exact) mass is 262 g/mol. The van der Waals surface area contributed by atoms with Gasteiger partial charge in [-0.05, 0) is 44.0 Å². The van der Waals surface area contributed by atoms with E-state index in [0.29, 0.717) is 6.42 Å². The van der Waals surface area contributed by atoms with Crippen LogP contribution in [0.25, 0.3) is 0 Å². The molecule has 1 fully saturated rings. The molecule has 104 valence electrons. The van der Waals surface area contributed by atoms with E-state index in [1.807, 2.05) is 6.92 Å². The zero-order chi connectivity index (χ0) is 13.7. The number of anilines is 2. The summed E-state index contributed by atoms with van der Waals surface area (Å²) in [5.74, 6) is -0.186. The van der Waals surface area contributed by atoms with Crippen LogP contribution in [0.1, 0.15) is 26.2 Å². The molecule has 0 aromatic heterocycles. The summed E-state index contributed by atoms with van der Waals surface area (Å²) in [4.78, 5) is 13.6. The third-order valence-corrected chi connectivity index (χ3v) is 3.45. The number of nitrogens with zero attached hydrogens (tertiary/aromatic N) is 1. The molecule has 1 aromatic rings. The minimum atomic E-state index is -0.186. The van der Waals surface area contributed by atoms with Crippen LogP contribution in [0.5, 0.6) is 0 Å². The molecule has 1 heterocycles. The van der Waals surface area contributed by atoms with E-state index in [2.05, 4.69) is 39.2 Å². The first-order valence-corrected chi connectivity index (χ1v) is 6.87. The fraction of sp³-hybridized carbons (Fsp3) is 0.533. The van der Waals surface area contributed by atoms with Gasteiger partial charge in [-0.2, -0.15) is 0 Å². The molecule has 1 aliphatic rings. The lowest BCUT2D eigenvalue weighted by Gasteiger charge is -2.19. The molecule has 19 heavy (non-hydrogen) atoms. The number of ether oxygens (including phenoxy) is 1. The fourth-order valence-corrected chi connectivity index (χ4v) is 2.41. The molecular formula is C15H22N2O2. The van der Waals surface area contributed by atoms with Crippen molar-refractivity contribution in [3.63, 3.8) is 0 Å². The maximum absolute atomic E-state index is 11.2. The second kappa shape index (κ2) is 6.45. The van der Waals surface area contributed by atoms with E-state index >= 15 is 0 Å². The largest absolute Gasteiger partial charge is 0.469 e. The number of hydrogen-bond acceptors (Lipinski definition) is 4. The molecule has 0 saturated carbocycles. The molecule has 4 heteroatoms. The van der Waals surface area contributed by atoms with Crippen LogP contribution in [0.3, 0.4) is 0 Å². The number of benzene rings is 1. The number of esters is 1. The Hall–Kier alpha value is -1.71. The van der Waals surface area contributed by atoms with E-state index in [4.69, 9.17) is 0 Å². The molecule has 0 amide bonds. The zero-order valence-electron chi connectivity index (χ0n) is 11.7. The number of nitrogens with one attached hydrogen (secondary N) is 1. The van der Waals surface area contributed by atoms with Crippen LogP contribution >= 0.6 is 0 Å². The van der Waals surface area contributed by atoms with E-state index in [9.17, 15) is 4.79 Å². The molecule has 0 radical (unpaired) electrons. The molecule has 1 saturated heterocycles.